The zero-order valence-corrected chi connectivity index (χ0v) is 12.9. The second-order valence-electron chi connectivity index (χ2n) is 3.64. The Morgan fingerprint density at radius 2 is 2.11 bits per heavy atom. The molecule has 0 bridgehead atoms. The second kappa shape index (κ2) is 5.86. The Morgan fingerprint density at radius 1 is 1.37 bits per heavy atom. The number of amides is 1. The number of rotatable bonds is 3. The summed E-state index contributed by atoms with van der Waals surface area (Å²) in [4.78, 5) is 14.7. The van der Waals surface area contributed by atoms with E-state index < -0.39 is 0 Å². The van der Waals surface area contributed by atoms with E-state index in [-0.39, 0.29) is 16.8 Å². The number of H-pyrrole nitrogens is 1. The zero-order valence-electron chi connectivity index (χ0n) is 9.76. The first-order valence-corrected chi connectivity index (χ1v) is 6.75. The van der Waals surface area contributed by atoms with Crippen LogP contribution in [-0.2, 0) is 0 Å². The lowest BCUT2D eigenvalue weighted by Gasteiger charge is -2.08. The largest absolute Gasteiger partial charge is 0.497 e. The molecule has 0 fully saturated rings. The number of methoxy groups -OCH3 is 1. The summed E-state index contributed by atoms with van der Waals surface area (Å²) < 4.78 is 5.84. The van der Waals surface area contributed by atoms with E-state index in [1.165, 1.54) is 6.07 Å². The SMILES string of the molecule is COc1ccc(Br)c(NC(=O)c2cc(Cl)c(Cl)[nH]2)c1. The normalized spacial score (nSPS) is 10.3. The van der Waals surface area contributed by atoms with Crippen LogP contribution in [0.15, 0.2) is 28.7 Å². The molecule has 0 aliphatic rings. The van der Waals surface area contributed by atoms with Crippen LogP contribution in [0.1, 0.15) is 10.5 Å². The zero-order chi connectivity index (χ0) is 14.0. The summed E-state index contributed by atoms with van der Waals surface area (Å²) >= 11 is 14.9. The molecule has 7 heteroatoms. The molecule has 2 N–H and O–H groups in total. The summed E-state index contributed by atoms with van der Waals surface area (Å²) in [6, 6.07) is 6.73. The minimum absolute atomic E-state index is 0.233. The first-order valence-electron chi connectivity index (χ1n) is 5.20. The lowest BCUT2D eigenvalue weighted by Crippen LogP contribution is -2.12. The van der Waals surface area contributed by atoms with Gasteiger partial charge in [0.2, 0.25) is 0 Å². The van der Waals surface area contributed by atoms with Crippen LogP contribution in [0.25, 0.3) is 0 Å². The maximum atomic E-state index is 12.0. The number of nitrogens with one attached hydrogen (secondary N) is 2. The molecular weight excluding hydrogens is 355 g/mol. The van der Waals surface area contributed by atoms with E-state index >= 15 is 0 Å². The monoisotopic (exact) mass is 362 g/mol. The highest BCUT2D eigenvalue weighted by Crippen LogP contribution is 2.28. The van der Waals surface area contributed by atoms with Gasteiger partial charge in [-0.2, -0.15) is 0 Å². The smallest absolute Gasteiger partial charge is 0.272 e. The molecule has 100 valence electrons. The third-order valence-corrected chi connectivity index (χ3v) is 3.78. The molecule has 2 rings (SSSR count). The number of hydrogen-bond acceptors (Lipinski definition) is 2. The minimum atomic E-state index is -0.345. The van der Waals surface area contributed by atoms with Gasteiger partial charge in [-0.25, -0.2) is 0 Å². The topological polar surface area (TPSA) is 54.1 Å². The van der Waals surface area contributed by atoms with Crippen molar-refractivity contribution in [2.24, 2.45) is 0 Å². The molecule has 2 aromatic rings. The average molecular weight is 364 g/mol. The number of carbonyl (C=O) groups is 1. The van der Waals surface area contributed by atoms with Gasteiger partial charge in [-0.15, -0.1) is 0 Å². The number of carbonyl (C=O) groups excluding carboxylic acids is 1. The van der Waals surface area contributed by atoms with Crippen molar-refractivity contribution in [3.05, 3.63) is 44.6 Å². The van der Waals surface area contributed by atoms with Gasteiger partial charge in [-0.3, -0.25) is 4.79 Å². The molecule has 0 aliphatic heterocycles. The van der Waals surface area contributed by atoms with E-state index in [0.717, 1.165) is 4.47 Å². The Hall–Kier alpha value is -1.17. The van der Waals surface area contributed by atoms with Crippen molar-refractivity contribution in [1.82, 2.24) is 4.98 Å². The third-order valence-electron chi connectivity index (χ3n) is 2.39. The Morgan fingerprint density at radius 3 is 2.68 bits per heavy atom. The Bertz CT molecular complexity index is 609. The van der Waals surface area contributed by atoms with Crippen LogP contribution in [-0.4, -0.2) is 18.0 Å². The van der Waals surface area contributed by atoms with Crippen LogP contribution in [0, 0.1) is 0 Å². The van der Waals surface area contributed by atoms with Gasteiger partial charge in [0.05, 0.1) is 17.8 Å². The number of hydrogen-bond donors (Lipinski definition) is 2. The molecule has 0 atom stereocenters. The lowest BCUT2D eigenvalue weighted by atomic mass is 10.3. The van der Waals surface area contributed by atoms with Crippen molar-refractivity contribution < 1.29 is 9.53 Å². The molecule has 0 spiro atoms. The van der Waals surface area contributed by atoms with E-state index in [4.69, 9.17) is 27.9 Å². The van der Waals surface area contributed by atoms with Crippen molar-refractivity contribution in [3.63, 3.8) is 0 Å². The molecule has 1 aromatic heterocycles. The molecule has 1 amide bonds. The van der Waals surface area contributed by atoms with E-state index in [0.29, 0.717) is 16.5 Å². The molecule has 0 unspecified atom stereocenters. The van der Waals surface area contributed by atoms with Gasteiger partial charge < -0.3 is 15.0 Å². The number of ether oxygens (including phenoxy) is 1. The number of aromatic nitrogens is 1. The van der Waals surface area contributed by atoms with Crippen LogP contribution in [0.3, 0.4) is 0 Å². The molecule has 1 aromatic carbocycles. The summed E-state index contributed by atoms with van der Waals surface area (Å²) in [7, 11) is 1.55. The van der Waals surface area contributed by atoms with Crippen molar-refractivity contribution in [3.8, 4) is 5.75 Å². The van der Waals surface area contributed by atoms with E-state index in [2.05, 4.69) is 26.2 Å². The summed E-state index contributed by atoms with van der Waals surface area (Å²) in [6.07, 6.45) is 0. The Kier molecular flexibility index (Phi) is 4.39. The molecule has 0 saturated carbocycles. The highest BCUT2D eigenvalue weighted by Gasteiger charge is 2.13. The van der Waals surface area contributed by atoms with Crippen LogP contribution in [0.5, 0.6) is 5.75 Å². The molecule has 0 saturated heterocycles. The average Bonchev–Trinajstić information content (AvgIpc) is 2.72. The second-order valence-corrected chi connectivity index (χ2v) is 5.28. The van der Waals surface area contributed by atoms with Gasteiger partial charge >= 0.3 is 0 Å². The summed E-state index contributed by atoms with van der Waals surface area (Å²) in [5, 5.41) is 3.26. The first-order chi connectivity index (χ1) is 9.01. The molecular formula is C12H9BrCl2N2O2. The van der Waals surface area contributed by atoms with Crippen LogP contribution >= 0.6 is 39.1 Å². The fraction of sp³-hybridized carbons (Fsp3) is 0.0833. The third kappa shape index (κ3) is 3.23. The summed E-state index contributed by atoms with van der Waals surface area (Å²) in [6.45, 7) is 0. The highest BCUT2D eigenvalue weighted by atomic mass is 79.9. The number of benzene rings is 1. The van der Waals surface area contributed by atoms with Gasteiger partial charge in [-0.05, 0) is 34.1 Å². The molecule has 0 aliphatic carbocycles. The molecule has 1 heterocycles. The Balaban J connectivity index is 2.23. The van der Waals surface area contributed by atoms with Gasteiger partial charge in [0.15, 0.2) is 0 Å². The molecule has 4 nitrogen and oxygen atoms in total. The van der Waals surface area contributed by atoms with Crippen LogP contribution < -0.4 is 10.1 Å². The van der Waals surface area contributed by atoms with Gasteiger partial charge in [0.25, 0.3) is 5.91 Å². The lowest BCUT2D eigenvalue weighted by molar-refractivity contribution is 0.102. The molecule has 0 radical (unpaired) electrons. The predicted molar refractivity (Wildman–Crippen MR) is 79.5 cm³/mol. The first kappa shape index (κ1) is 14.2. The van der Waals surface area contributed by atoms with Crippen molar-refractivity contribution in [2.75, 3.05) is 12.4 Å². The predicted octanol–water partition coefficient (Wildman–Crippen LogP) is 4.34. The van der Waals surface area contributed by atoms with Gasteiger partial charge in [0.1, 0.15) is 16.6 Å². The summed E-state index contributed by atoms with van der Waals surface area (Å²) in [5.74, 6) is 0.295. The fourth-order valence-electron chi connectivity index (χ4n) is 1.44. The fourth-order valence-corrected chi connectivity index (χ4v) is 2.10. The van der Waals surface area contributed by atoms with Crippen LogP contribution in [0.2, 0.25) is 10.2 Å². The number of halogens is 3. The van der Waals surface area contributed by atoms with Crippen molar-refractivity contribution in [2.45, 2.75) is 0 Å². The maximum Gasteiger partial charge on any atom is 0.272 e. The van der Waals surface area contributed by atoms with E-state index in [1.807, 2.05) is 0 Å². The summed E-state index contributed by atoms with van der Waals surface area (Å²) in [5.41, 5.74) is 0.871. The van der Waals surface area contributed by atoms with Crippen LogP contribution in [0.4, 0.5) is 5.69 Å². The minimum Gasteiger partial charge on any atom is -0.497 e. The van der Waals surface area contributed by atoms with Gasteiger partial charge in [0, 0.05) is 10.5 Å². The highest BCUT2D eigenvalue weighted by molar-refractivity contribution is 9.10. The number of anilines is 1. The Labute approximate surface area is 128 Å². The molecule has 19 heavy (non-hydrogen) atoms. The quantitative estimate of drug-likeness (QED) is 0.851. The van der Waals surface area contributed by atoms with E-state index in [9.17, 15) is 4.79 Å². The van der Waals surface area contributed by atoms with Gasteiger partial charge in [-0.1, -0.05) is 23.2 Å². The number of aromatic amines is 1. The maximum absolute atomic E-state index is 12.0. The van der Waals surface area contributed by atoms with E-state index in [1.54, 1.807) is 25.3 Å². The van der Waals surface area contributed by atoms with Crippen molar-refractivity contribution >= 4 is 50.7 Å². The van der Waals surface area contributed by atoms with Crippen molar-refractivity contribution in [1.29, 1.82) is 0 Å². The standard InChI is InChI=1S/C12H9BrCl2N2O2/c1-19-6-2-3-7(13)9(4-6)17-12(18)10-5-8(14)11(15)16-10/h2-5,16H,1H3,(H,17,18).